The minimum atomic E-state index is -3.45. The molecule has 166 valence electrons. The Kier molecular flexibility index (Phi) is 6.42. The van der Waals surface area contributed by atoms with Gasteiger partial charge in [-0.25, -0.2) is 15.0 Å². The molecule has 0 saturated carbocycles. The fourth-order valence-electron chi connectivity index (χ4n) is 3.44. The van der Waals surface area contributed by atoms with Crippen molar-refractivity contribution in [2.45, 2.75) is 24.5 Å². The van der Waals surface area contributed by atoms with Crippen LogP contribution in [-0.4, -0.2) is 60.3 Å². The number of hydrogen-bond donors (Lipinski definition) is 3. The quantitative estimate of drug-likeness (QED) is 0.202. The molecule has 1 aromatic carbocycles. The number of nitrogens with zero attached hydrogens (tertiary/aromatic N) is 7. The van der Waals surface area contributed by atoms with Gasteiger partial charge in [-0.05, 0) is 17.7 Å². The molecule has 1 aliphatic heterocycles. The van der Waals surface area contributed by atoms with E-state index in [9.17, 15) is 19.4 Å². The number of aromatic nitrogens is 4. The summed E-state index contributed by atoms with van der Waals surface area (Å²) >= 11 is 0. The molecule has 3 aromatic rings. The highest BCUT2D eigenvalue weighted by Gasteiger charge is 2.47. The van der Waals surface area contributed by atoms with Gasteiger partial charge < -0.3 is 24.6 Å². The largest absolute Gasteiger partial charge is 0.394 e. The Morgan fingerprint density at radius 3 is 2.81 bits per heavy atom. The highest BCUT2D eigenvalue weighted by Crippen LogP contribution is 2.39. The van der Waals surface area contributed by atoms with E-state index < -0.39 is 45.2 Å². The maximum atomic E-state index is 12.5. The van der Waals surface area contributed by atoms with Gasteiger partial charge in [0.1, 0.15) is 12.4 Å². The molecule has 3 heterocycles. The number of hydrogen-bond acceptors (Lipinski definition) is 9. The van der Waals surface area contributed by atoms with E-state index in [1.165, 1.54) is 17.2 Å². The van der Waals surface area contributed by atoms with Crippen LogP contribution >= 0.6 is 8.25 Å². The van der Waals surface area contributed by atoms with Crippen LogP contribution in [0.3, 0.4) is 0 Å². The Morgan fingerprint density at radius 2 is 2.12 bits per heavy atom. The van der Waals surface area contributed by atoms with E-state index >= 15 is 0 Å². The molecule has 0 bridgehead atoms. The van der Waals surface area contributed by atoms with Crippen LogP contribution in [0.15, 0.2) is 48.1 Å². The van der Waals surface area contributed by atoms with Crippen molar-refractivity contribution in [3.05, 3.63) is 59.0 Å². The van der Waals surface area contributed by atoms with Gasteiger partial charge in [-0.1, -0.05) is 23.3 Å². The molecule has 14 nitrogen and oxygen atoms in total. The molecule has 0 radical (unpaired) electrons. The fourth-order valence-corrected chi connectivity index (χ4v) is 3.92. The summed E-state index contributed by atoms with van der Waals surface area (Å²) < 4.78 is 23.6. The van der Waals surface area contributed by atoms with Gasteiger partial charge in [0.15, 0.2) is 23.2 Å². The van der Waals surface area contributed by atoms with Crippen LogP contribution < -0.4 is 5.32 Å². The highest BCUT2D eigenvalue weighted by molar-refractivity contribution is 7.32. The SMILES string of the molecule is [N-]=[N+]=N[C@H]1[C@@H](O[PH](=O)O)[C@H](n2cnc3c(NC(=O)c4ccccc4)ncnc32)O[C@@H]1CO. The van der Waals surface area contributed by atoms with Gasteiger partial charge in [0.25, 0.3) is 5.91 Å². The van der Waals surface area contributed by atoms with Crippen molar-refractivity contribution in [2.75, 3.05) is 11.9 Å². The lowest BCUT2D eigenvalue weighted by atomic mass is 10.1. The minimum absolute atomic E-state index is 0.138. The van der Waals surface area contributed by atoms with Gasteiger partial charge in [0, 0.05) is 10.5 Å². The first-order valence-electron chi connectivity index (χ1n) is 9.27. The summed E-state index contributed by atoms with van der Waals surface area (Å²) in [5.41, 5.74) is 9.71. The van der Waals surface area contributed by atoms with Crippen molar-refractivity contribution in [1.82, 2.24) is 19.5 Å². The molecule has 15 heteroatoms. The van der Waals surface area contributed by atoms with Crippen LogP contribution in [-0.2, 0) is 13.8 Å². The van der Waals surface area contributed by atoms with Gasteiger partial charge in [0.2, 0.25) is 0 Å². The predicted octanol–water partition coefficient (Wildman–Crippen LogP) is 1.41. The molecule has 1 fully saturated rings. The number of imidazole rings is 1. The number of aliphatic hydroxyl groups excluding tert-OH is 1. The summed E-state index contributed by atoms with van der Waals surface area (Å²) in [7, 11) is -3.45. The Morgan fingerprint density at radius 1 is 1.34 bits per heavy atom. The average Bonchev–Trinajstić information content (AvgIpc) is 3.36. The van der Waals surface area contributed by atoms with Gasteiger partial charge in [-0.3, -0.25) is 13.9 Å². The van der Waals surface area contributed by atoms with Gasteiger partial charge in [-0.15, -0.1) is 0 Å². The molecule has 5 atom stereocenters. The molecule has 32 heavy (non-hydrogen) atoms. The van der Waals surface area contributed by atoms with Gasteiger partial charge in [0.05, 0.1) is 25.1 Å². The molecule has 0 spiro atoms. The van der Waals surface area contributed by atoms with Crippen molar-refractivity contribution in [3.8, 4) is 0 Å². The summed E-state index contributed by atoms with van der Waals surface area (Å²) in [6, 6.07) is 7.44. The molecule has 3 N–H and O–H groups in total. The lowest BCUT2D eigenvalue weighted by Crippen LogP contribution is -2.32. The van der Waals surface area contributed by atoms with Crippen molar-refractivity contribution >= 4 is 31.1 Å². The Bertz CT molecular complexity index is 1200. The molecular formula is C17H17N8O6P. The van der Waals surface area contributed by atoms with Crippen LogP contribution in [0, 0.1) is 0 Å². The summed E-state index contributed by atoms with van der Waals surface area (Å²) in [5.74, 6) is -0.264. The van der Waals surface area contributed by atoms with Crippen LogP contribution in [0.25, 0.3) is 21.6 Å². The molecule has 1 aliphatic rings. The number of carbonyl (C=O) groups is 1. The second kappa shape index (κ2) is 9.40. The minimum Gasteiger partial charge on any atom is -0.394 e. The summed E-state index contributed by atoms with van der Waals surface area (Å²) in [6.07, 6.45) is -0.760. The highest BCUT2D eigenvalue weighted by atomic mass is 31.1. The number of carbonyl (C=O) groups excluding carboxylic acids is 1. The molecule has 2 aromatic heterocycles. The first-order chi connectivity index (χ1) is 15.5. The van der Waals surface area contributed by atoms with Crippen molar-refractivity contribution < 1.29 is 28.6 Å². The first-order valence-corrected chi connectivity index (χ1v) is 10.5. The zero-order valence-corrected chi connectivity index (χ0v) is 17.2. The topological polar surface area (TPSA) is 197 Å². The van der Waals surface area contributed by atoms with Gasteiger partial charge >= 0.3 is 8.25 Å². The Hall–Kier alpha value is -3.38. The standard InChI is InChI=1S/C17H17N8O6P/c18-24-23-11-10(6-26)30-17(13(11)31-32(28)29)25-8-21-12-14(19-7-20-15(12)25)22-16(27)9-4-2-1-3-5-9/h1-5,7-8,10-11,13,17,26,32H,6H2,(H,28,29)(H,19,20,22,27)/t10-,11-,13-,17-/m1/s1. The maximum absolute atomic E-state index is 12.5. The lowest BCUT2D eigenvalue weighted by molar-refractivity contribution is -0.0443. The number of aliphatic hydroxyl groups is 1. The number of fused-ring (bicyclic) bond motifs is 1. The van der Waals surface area contributed by atoms with Gasteiger partial charge in [-0.2, -0.15) is 0 Å². The smallest absolute Gasteiger partial charge is 0.317 e. The van der Waals surface area contributed by atoms with E-state index in [0.717, 1.165) is 0 Å². The average molecular weight is 460 g/mol. The number of azide groups is 1. The van der Waals surface area contributed by atoms with E-state index in [4.69, 9.17) is 14.8 Å². The normalized spacial score (nSPS) is 23.6. The number of benzene rings is 1. The summed E-state index contributed by atoms with van der Waals surface area (Å²) in [6.45, 7) is -0.521. The van der Waals surface area contributed by atoms with Crippen molar-refractivity contribution in [1.29, 1.82) is 0 Å². The third kappa shape index (κ3) is 4.18. The molecule has 1 unspecified atom stereocenters. The number of ether oxygens (including phenoxy) is 1. The van der Waals surface area contributed by atoms with E-state index in [1.54, 1.807) is 30.3 Å². The second-order valence-corrected chi connectivity index (χ2v) is 7.43. The number of rotatable bonds is 7. The zero-order chi connectivity index (χ0) is 22.7. The lowest BCUT2D eigenvalue weighted by Gasteiger charge is -2.20. The van der Waals surface area contributed by atoms with E-state index in [1.807, 2.05) is 0 Å². The Balaban J connectivity index is 1.70. The fraction of sp³-hybridized carbons (Fsp3) is 0.294. The van der Waals surface area contributed by atoms with E-state index in [0.29, 0.717) is 5.56 Å². The van der Waals surface area contributed by atoms with Crippen LogP contribution in [0.2, 0.25) is 0 Å². The number of amides is 1. The third-order valence-electron chi connectivity index (χ3n) is 4.82. The number of anilines is 1. The summed E-state index contributed by atoms with van der Waals surface area (Å²) in [4.78, 5) is 37.0. The Labute approximate surface area is 180 Å². The molecule has 1 saturated heterocycles. The third-order valence-corrected chi connectivity index (χ3v) is 5.29. The molecule has 4 rings (SSSR count). The van der Waals surface area contributed by atoms with Crippen molar-refractivity contribution in [3.63, 3.8) is 0 Å². The zero-order valence-electron chi connectivity index (χ0n) is 16.2. The molecular weight excluding hydrogens is 443 g/mol. The van der Waals surface area contributed by atoms with Crippen molar-refractivity contribution in [2.24, 2.45) is 5.11 Å². The van der Waals surface area contributed by atoms with E-state index in [-0.39, 0.29) is 17.0 Å². The van der Waals surface area contributed by atoms with Crippen LogP contribution in [0.5, 0.6) is 0 Å². The number of nitrogens with one attached hydrogen (secondary N) is 1. The predicted molar refractivity (Wildman–Crippen MR) is 110 cm³/mol. The van der Waals surface area contributed by atoms with E-state index in [2.05, 4.69) is 30.3 Å². The maximum Gasteiger partial charge on any atom is 0.317 e. The molecule has 0 aliphatic carbocycles. The molecule has 1 amide bonds. The first kappa shape index (κ1) is 21.8. The monoisotopic (exact) mass is 460 g/mol. The summed E-state index contributed by atoms with van der Waals surface area (Å²) in [5, 5.41) is 15.8. The second-order valence-electron chi connectivity index (χ2n) is 6.66. The van der Waals surface area contributed by atoms with Crippen LogP contribution in [0.1, 0.15) is 16.6 Å². The van der Waals surface area contributed by atoms with Crippen LogP contribution in [0.4, 0.5) is 5.82 Å².